The van der Waals surface area contributed by atoms with E-state index < -0.39 is 17.7 Å². The number of ether oxygens (including phenoxy) is 1. The lowest BCUT2D eigenvalue weighted by atomic mass is 9.99. The van der Waals surface area contributed by atoms with Gasteiger partial charge in [0.2, 0.25) is 0 Å². The minimum atomic E-state index is -4.37. The van der Waals surface area contributed by atoms with Gasteiger partial charge >= 0.3 is 12.1 Å². The van der Waals surface area contributed by atoms with Gasteiger partial charge in [0.15, 0.2) is 0 Å². The second-order valence-electron chi connectivity index (χ2n) is 9.55. The largest absolute Gasteiger partial charge is 0.486 e. The Kier molecular flexibility index (Phi) is 9.93. The molecule has 0 saturated carbocycles. The molecular weight excluding hydrogens is 495 g/mol. The van der Waals surface area contributed by atoms with Crippen LogP contribution in [0.1, 0.15) is 67.1 Å². The lowest BCUT2D eigenvalue weighted by Crippen LogP contribution is -2.26. The summed E-state index contributed by atoms with van der Waals surface area (Å²) in [6, 6.07) is 19.3. The van der Waals surface area contributed by atoms with E-state index in [2.05, 4.69) is 19.2 Å². The van der Waals surface area contributed by atoms with Crippen molar-refractivity contribution >= 4 is 11.9 Å². The molecule has 202 valence electrons. The highest BCUT2D eigenvalue weighted by molar-refractivity contribution is 5.94. The summed E-state index contributed by atoms with van der Waals surface area (Å²) in [4.78, 5) is 22.9. The fraction of sp³-hybridized carbons (Fsp3) is 0.333. The lowest BCUT2D eigenvalue weighted by Gasteiger charge is -2.21. The standard InChI is InChI=1S/C30H32F3NO4/c1-20(2)4-3-5-27(23-6-8-24(9-7-23)29(37)34-19-18-28(35)36)38-26-16-12-22(13-17-26)21-10-14-25(15-11-21)30(31,32)33/h6-17,20,27H,3-5,18-19H2,1-2H3,(H,34,37)(H,35,36). The van der Waals surface area contributed by atoms with E-state index in [-0.39, 0.29) is 25.0 Å². The zero-order chi connectivity index (χ0) is 27.7. The number of carboxylic acids is 1. The van der Waals surface area contributed by atoms with Gasteiger partial charge in [-0.05, 0) is 71.8 Å². The summed E-state index contributed by atoms with van der Waals surface area (Å²) in [6.07, 6.45) is -2.02. The van der Waals surface area contributed by atoms with Gasteiger partial charge < -0.3 is 15.2 Å². The van der Waals surface area contributed by atoms with E-state index >= 15 is 0 Å². The van der Waals surface area contributed by atoms with Crippen LogP contribution in [0.5, 0.6) is 5.75 Å². The van der Waals surface area contributed by atoms with Gasteiger partial charge in [-0.25, -0.2) is 0 Å². The molecule has 3 aromatic carbocycles. The minimum Gasteiger partial charge on any atom is -0.486 e. The number of carboxylic acid groups (broad SMARTS) is 1. The summed E-state index contributed by atoms with van der Waals surface area (Å²) < 4.78 is 44.9. The third kappa shape index (κ3) is 8.64. The van der Waals surface area contributed by atoms with E-state index in [1.807, 2.05) is 24.3 Å². The third-order valence-corrected chi connectivity index (χ3v) is 6.10. The molecule has 1 amide bonds. The van der Waals surface area contributed by atoms with E-state index in [0.29, 0.717) is 22.8 Å². The molecule has 1 atom stereocenters. The second-order valence-corrected chi connectivity index (χ2v) is 9.55. The normalized spacial score (nSPS) is 12.3. The van der Waals surface area contributed by atoms with Crippen LogP contribution in [-0.4, -0.2) is 23.5 Å². The Balaban J connectivity index is 1.71. The van der Waals surface area contributed by atoms with Gasteiger partial charge in [0.1, 0.15) is 11.9 Å². The first-order chi connectivity index (χ1) is 18.0. The van der Waals surface area contributed by atoms with Crippen molar-refractivity contribution < 1.29 is 32.6 Å². The number of amides is 1. The van der Waals surface area contributed by atoms with E-state index in [1.54, 1.807) is 24.3 Å². The number of rotatable bonds is 12. The van der Waals surface area contributed by atoms with Crippen molar-refractivity contribution in [3.63, 3.8) is 0 Å². The molecule has 0 aliphatic carbocycles. The third-order valence-electron chi connectivity index (χ3n) is 6.10. The Hall–Kier alpha value is -3.81. The van der Waals surface area contributed by atoms with Gasteiger partial charge in [0.25, 0.3) is 5.91 Å². The molecule has 0 radical (unpaired) electrons. The zero-order valence-corrected chi connectivity index (χ0v) is 21.4. The molecule has 2 N–H and O–H groups in total. The van der Waals surface area contributed by atoms with Crippen LogP contribution in [0.25, 0.3) is 11.1 Å². The summed E-state index contributed by atoms with van der Waals surface area (Å²) in [7, 11) is 0. The van der Waals surface area contributed by atoms with Crippen LogP contribution in [0.3, 0.4) is 0 Å². The van der Waals surface area contributed by atoms with Crippen molar-refractivity contribution in [2.24, 2.45) is 5.92 Å². The number of carbonyl (C=O) groups is 2. The molecule has 3 aromatic rings. The minimum absolute atomic E-state index is 0.0549. The SMILES string of the molecule is CC(C)CCCC(Oc1ccc(-c2ccc(C(F)(F)F)cc2)cc1)c1ccc(C(=O)NCCC(=O)O)cc1. The van der Waals surface area contributed by atoms with Crippen LogP contribution in [0, 0.1) is 5.92 Å². The Bertz CT molecular complexity index is 1190. The highest BCUT2D eigenvalue weighted by atomic mass is 19.4. The number of halogens is 3. The molecule has 5 nitrogen and oxygen atoms in total. The van der Waals surface area contributed by atoms with Crippen molar-refractivity contribution in [2.45, 2.75) is 51.8 Å². The van der Waals surface area contributed by atoms with E-state index in [0.717, 1.165) is 42.5 Å². The average molecular weight is 528 g/mol. The maximum atomic E-state index is 12.9. The van der Waals surface area contributed by atoms with Crippen LogP contribution < -0.4 is 10.1 Å². The van der Waals surface area contributed by atoms with E-state index in [9.17, 15) is 22.8 Å². The van der Waals surface area contributed by atoms with Gasteiger partial charge in [-0.2, -0.15) is 13.2 Å². The Morgan fingerprint density at radius 3 is 1.97 bits per heavy atom. The predicted octanol–water partition coefficient (Wildman–Crippen LogP) is 7.52. The number of nitrogens with one attached hydrogen (secondary N) is 1. The monoisotopic (exact) mass is 527 g/mol. The van der Waals surface area contributed by atoms with Gasteiger partial charge in [0.05, 0.1) is 12.0 Å². The summed E-state index contributed by atoms with van der Waals surface area (Å²) >= 11 is 0. The molecule has 0 aliphatic heterocycles. The quantitative estimate of drug-likeness (QED) is 0.255. The van der Waals surface area contributed by atoms with Crippen LogP contribution in [-0.2, 0) is 11.0 Å². The highest BCUT2D eigenvalue weighted by Gasteiger charge is 2.30. The number of carbonyl (C=O) groups excluding carboxylic acids is 1. The fourth-order valence-electron chi connectivity index (χ4n) is 3.98. The first-order valence-electron chi connectivity index (χ1n) is 12.6. The van der Waals surface area contributed by atoms with Crippen molar-refractivity contribution in [2.75, 3.05) is 6.54 Å². The molecule has 0 aromatic heterocycles. The van der Waals surface area contributed by atoms with Crippen molar-refractivity contribution in [1.29, 1.82) is 0 Å². The molecule has 1 unspecified atom stereocenters. The fourth-order valence-corrected chi connectivity index (χ4v) is 3.98. The molecule has 0 bridgehead atoms. The Morgan fingerprint density at radius 2 is 1.45 bits per heavy atom. The maximum absolute atomic E-state index is 12.9. The van der Waals surface area contributed by atoms with Crippen molar-refractivity contribution in [3.05, 3.63) is 89.5 Å². The van der Waals surface area contributed by atoms with Gasteiger partial charge in [0, 0.05) is 12.1 Å². The van der Waals surface area contributed by atoms with Gasteiger partial charge in [-0.1, -0.05) is 56.7 Å². The summed E-state index contributed by atoms with van der Waals surface area (Å²) in [5.41, 5.74) is 2.11. The molecule has 0 heterocycles. The molecule has 38 heavy (non-hydrogen) atoms. The maximum Gasteiger partial charge on any atom is 0.416 e. The summed E-state index contributed by atoms with van der Waals surface area (Å²) in [6.45, 7) is 4.38. The van der Waals surface area contributed by atoms with Crippen molar-refractivity contribution in [3.8, 4) is 16.9 Å². The topological polar surface area (TPSA) is 75.6 Å². The first kappa shape index (κ1) is 28.8. The van der Waals surface area contributed by atoms with Gasteiger partial charge in [-0.3, -0.25) is 9.59 Å². The second kappa shape index (κ2) is 13.1. The summed E-state index contributed by atoms with van der Waals surface area (Å²) in [5.74, 6) is -0.135. The van der Waals surface area contributed by atoms with Crippen LogP contribution in [0.4, 0.5) is 13.2 Å². The smallest absolute Gasteiger partial charge is 0.416 e. The zero-order valence-electron chi connectivity index (χ0n) is 21.4. The first-order valence-corrected chi connectivity index (χ1v) is 12.6. The Labute approximate surface area is 220 Å². The molecule has 0 spiro atoms. The van der Waals surface area contributed by atoms with Crippen molar-refractivity contribution in [1.82, 2.24) is 5.32 Å². The highest BCUT2D eigenvalue weighted by Crippen LogP contribution is 2.32. The molecule has 0 saturated heterocycles. The number of benzene rings is 3. The van der Waals surface area contributed by atoms with Crippen LogP contribution in [0.15, 0.2) is 72.8 Å². The number of hydrogen-bond donors (Lipinski definition) is 2. The van der Waals surface area contributed by atoms with E-state index in [1.165, 1.54) is 12.1 Å². The van der Waals surface area contributed by atoms with Crippen LogP contribution >= 0.6 is 0 Å². The number of hydrogen-bond acceptors (Lipinski definition) is 3. The molecule has 3 rings (SSSR count). The molecule has 0 aliphatic rings. The number of alkyl halides is 3. The summed E-state index contributed by atoms with van der Waals surface area (Å²) in [5, 5.41) is 11.3. The van der Waals surface area contributed by atoms with Gasteiger partial charge in [-0.15, -0.1) is 0 Å². The Morgan fingerprint density at radius 1 is 0.868 bits per heavy atom. The number of aliphatic carboxylic acids is 1. The molecule has 0 fully saturated rings. The lowest BCUT2D eigenvalue weighted by molar-refractivity contribution is -0.138. The average Bonchev–Trinajstić information content (AvgIpc) is 2.88. The predicted molar refractivity (Wildman–Crippen MR) is 140 cm³/mol. The molecular formula is C30H32F3NO4. The van der Waals surface area contributed by atoms with E-state index in [4.69, 9.17) is 9.84 Å². The van der Waals surface area contributed by atoms with Crippen LogP contribution in [0.2, 0.25) is 0 Å². The molecule has 8 heteroatoms.